The summed E-state index contributed by atoms with van der Waals surface area (Å²) in [6.07, 6.45) is 2.83. The van der Waals surface area contributed by atoms with Crippen LogP contribution in [0.2, 0.25) is 0 Å². The van der Waals surface area contributed by atoms with Gasteiger partial charge in [0.05, 0.1) is 17.1 Å². The van der Waals surface area contributed by atoms with Gasteiger partial charge < -0.3 is 0 Å². The minimum atomic E-state index is -0.258. The first-order chi connectivity index (χ1) is 8.58. The summed E-state index contributed by atoms with van der Waals surface area (Å²) in [5, 5.41) is 8.13. The van der Waals surface area contributed by atoms with Gasteiger partial charge in [-0.3, -0.25) is 0 Å². The average molecular weight is 377 g/mol. The smallest absolute Gasteiger partial charge is 0.124 e. The Morgan fingerprint density at radius 3 is 2.83 bits per heavy atom. The van der Waals surface area contributed by atoms with E-state index < -0.39 is 0 Å². The molecule has 1 atom stereocenters. The second-order valence-electron chi connectivity index (χ2n) is 3.99. The highest BCUT2D eigenvalue weighted by atomic mass is 79.9. The van der Waals surface area contributed by atoms with Gasteiger partial charge in [0.15, 0.2) is 0 Å². The molecule has 1 unspecified atom stereocenters. The molecule has 0 fully saturated rings. The average Bonchev–Trinajstić information content (AvgIpc) is 2.75. The molecule has 1 heterocycles. The van der Waals surface area contributed by atoms with Crippen LogP contribution in [0.3, 0.4) is 0 Å². The molecule has 3 nitrogen and oxygen atoms in total. The largest absolute Gasteiger partial charge is 0.248 e. The predicted octanol–water partition coefficient (Wildman–Crippen LogP) is 4.07. The number of halogens is 3. The van der Waals surface area contributed by atoms with Crippen molar-refractivity contribution in [1.29, 1.82) is 0 Å². The molecule has 2 aromatic rings. The van der Waals surface area contributed by atoms with E-state index in [0.29, 0.717) is 6.54 Å². The minimum Gasteiger partial charge on any atom is -0.248 e. The molecule has 96 valence electrons. The Hall–Kier alpha value is -0.750. The Morgan fingerprint density at radius 1 is 1.39 bits per heavy atom. The van der Waals surface area contributed by atoms with Gasteiger partial charge in [0, 0.05) is 10.7 Å². The number of rotatable bonds is 4. The fraction of sp³-hybridized carbons (Fsp3) is 0.333. The number of alkyl halides is 1. The number of hydrogen-bond acceptors (Lipinski definition) is 2. The summed E-state index contributed by atoms with van der Waals surface area (Å²) in [5.74, 6) is -0.258. The summed E-state index contributed by atoms with van der Waals surface area (Å²) < 4.78 is 15.7. The summed E-state index contributed by atoms with van der Waals surface area (Å²) in [5.41, 5.74) is 1.74. The van der Waals surface area contributed by atoms with Crippen LogP contribution in [-0.4, -0.2) is 15.0 Å². The van der Waals surface area contributed by atoms with Crippen LogP contribution in [0.5, 0.6) is 0 Å². The maximum absolute atomic E-state index is 13.2. The molecule has 0 spiro atoms. The van der Waals surface area contributed by atoms with Gasteiger partial charge in [-0.15, -0.1) is 5.10 Å². The van der Waals surface area contributed by atoms with Gasteiger partial charge in [-0.05, 0) is 30.2 Å². The Morgan fingerprint density at radius 2 is 2.17 bits per heavy atom. The molecular weight excluding hydrogens is 365 g/mol. The second kappa shape index (κ2) is 5.93. The van der Waals surface area contributed by atoms with Crippen molar-refractivity contribution in [2.45, 2.75) is 24.7 Å². The predicted molar refractivity (Wildman–Crippen MR) is 75.2 cm³/mol. The van der Waals surface area contributed by atoms with Gasteiger partial charge in [-0.2, -0.15) is 0 Å². The third-order valence-electron chi connectivity index (χ3n) is 2.50. The van der Waals surface area contributed by atoms with Crippen molar-refractivity contribution in [3.8, 4) is 0 Å². The summed E-state index contributed by atoms with van der Waals surface area (Å²) >= 11 is 6.80. The van der Waals surface area contributed by atoms with Gasteiger partial charge in [0.25, 0.3) is 0 Å². The van der Waals surface area contributed by atoms with Crippen molar-refractivity contribution in [1.82, 2.24) is 15.0 Å². The quantitative estimate of drug-likeness (QED) is 0.753. The van der Waals surface area contributed by atoms with Gasteiger partial charge in [-0.25, -0.2) is 9.07 Å². The molecule has 6 heteroatoms. The minimum absolute atomic E-state index is 0.213. The van der Waals surface area contributed by atoms with E-state index in [0.717, 1.165) is 22.2 Å². The molecular formula is C12H12Br2FN3. The Kier molecular flexibility index (Phi) is 4.50. The molecule has 0 saturated heterocycles. The van der Waals surface area contributed by atoms with Gasteiger partial charge in [0.2, 0.25) is 0 Å². The van der Waals surface area contributed by atoms with Gasteiger partial charge >= 0.3 is 0 Å². The Labute approximate surface area is 122 Å². The van der Waals surface area contributed by atoms with Crippen molar-refractivity contribution < 1.29 is 4.39 Å². The zero-order chi connectivity index (χ0) is 13.1. The van der Waals surface area contributed by atoms with E-state index in [1.165, 1.54) is 12.1 Å². The van der Waals surface area contributed by atoms with Gasteiger partial charge in [-0.1, -0.05) is 44.0 Å². The molecule has 1 aromatic heterocycles. The summed E-state index contributed by atoms with van der Waals surface area (Å²) in [7, 11) is 0. The number of benzene rings is 1. The van der Waals surface area contributed by atoms with Crippen molar-refractivity contribution >= 4 is 31.9 Å². The molecule has 0 radical (unpaired) electrons. The molecule has 0 aliphatic carbocycles. The number of aromatic nitrogens is 3. The summed E-state index contributed by atoms with van der Waals surface area (Å²) in [6.45, 7) is 2.58. The first kappa shape index (κ1) is 13.7. The van der Waals surface area contributed by atoms with Crippen molar-refractivity contribution in [3.05, 3.63) is 45.9 Å². The fourth-order valence-corrected chi connectivity index (χ4v) is 2.36. The molecule has 18 heavy (non-hydrogen) atoms. The first-order valence-corrected chi connectivity index (χ1v) is 7.28. The molecule has 0 bridgehead atoms. The number of nitrogens with zero attached hydrogens (tertiary/aromatic N) is 3. The zero-order valence-corrected chi connectivity index (χ0v) is 12.9. The Balaban J connectivity index is 2.16. The molecule has 0 aliphatic rings. The SMILES string of the molecule is CCC(Br)c1cn(Cc2cc(F)cc(Br)c2)nn1. The van der Waals surface area contributed by atoms with E-state index in [1.54, 1.807) is 4.68 Å². The zero-order valence-electron chi connectivity index (χ0n) is 9.78. The van der Waals surface area contributed by atoms with Crippen LogP contribution in [-0.2, 0) is 6.54 Å². The van der Waals surface area contributed by atoms with Crippen LogP contribution in [0.4, 0.5) is 4.39 Å². The molecule has 0 aliphatic heterocycles. The van der Waals surface area contributed by atoms with Crippen LogP contribution in [0.1, 0.15) is 29.4 Å². The lowest BCUT2D eigenvalue weighted by Crippen LogP contribution is -2.01. The molecule has 0 saturated carbocycles. The maximum atomic E-state index is 13.2. The summed E-state index contributed by atoms with van der Waals surface area (Å²) in [6, 6.07) is 4.80. The Bertz CT molecular complexity index is 522. The lowest BCUT2D eigenvalue weighted by atomic mass is 10.2. The van der Waals surface area contributed by atoms with E-state index >= 15 is 0 Å². The highest BCUT2D eigenvalue weighted by Gasteiger charge is 2.10. The van der Waals surface area contributed by atoms with Crippen LogP contribution < -0.4 is 0 Å². The lowest BCUT2D eigenvalue weighted by molar-refractivity contribution is 0.613. The van der Waals surface area contributed by atoms with Crippen LogP contribution in [0.15, 0.2) is 28.9 Å². The van der Waals surface area contributed by atoms with E-state index in [1.807, 2.05) is 12.3 Å². The van der Waals surface area contributed by atoms with Crippen LogP contribution in [0, 0.1) is 5.82 Å². The van der Waals surface area contributed by atoms with Crippen LogP contribution >= 0.6 is 31.9 Å². The normalized spacial score (nSPS) is 12.7. The third kappa shape index (κ3) is 3.38. The highest BCUT2D eigenvalue weighted by molar-refractivity contribution is 9.10. The van der Waals surface area contributed by atoms with E-state index in [4.69, 9.17) is 0 Å². The van der Waals surface area contributed by atoms with Crippen molar-refractivity contribution in [2.24, 2.45) is 0 Å². The van der Waals surface area contributed by atoms with Crippen molar-refractivity contribution in [3.63, 3.8) is 0 Å². The van der Waals surface area contributed by atoms with Crippen molar-refractivity contribution in [2.75, 3.05) is 0 Å². The summed E-state index contributed by atoms with van der Waals surface area (Å²) in [4.78, 5) is 0.213. The number of hydrogen-bond donors (Lipinski definition) is 0. The van der Waals surface area contributed by atoms with E-state index in [9.17, 15) is 4.39 Å². The topological polar surface area (TPSA) is 30.7 Å². The third-order valence-corrected chi connectivity index (χ3v) is 4.08. The van der Waals surface area contributed by atoms with Crippen LogP contribution in [0.25, 0.3) is 0 Å². The van der Waals surface area contributed by atoms with Gasteiger partial charge in [0.1, 0.15) is 5.82 Å². The molecule has 0 amide bonds. The molecule has 0 N–H and O–H groups in total. The molecule has 2 rings (SSSR count). The first-order valence-electron chi connectivity index (χ1n) is 5.57. The standard InChI is InChI=1S/C12H12Br2FN3/c1-2-11(14)12-7-18(17-16-12)6-8-3-9(13)5-10(15)4-8/h3-5,7,11H,2,6H2,1H3. The molecule has 1 aromatic carbocycles. The lowest BCUT2D eigenvalue weighted by Gasteiger charge is -2.03. The maximum Gasteiger partial charge on any atom is 0.124 e. The monoisotopic (exact) mass is 375 g/mol. The van der Waals surface area contributed by atoms with E-state index in [-0.39, 0.29) is 10.6 Å². The highest BCUT2D eigenvalue weighted by Crippen LogP contribution is 2.23. The fourth-order valence-electron chi connectivity index (χ4n) is 1.63. The van der Waals surface area contributed by atoms with E-state index in [2.05, 4.69) is 49.1 Å². The second-order valence-corrected chi connectivity index (χ2v) is 6.02.